The Kier molecular flexibility index (Phi) is 6.46. The van der Waals surface area contributed by atoms with Crippen molar-refractivity contribution in [2.75, 3.05) is 27.9 Å². The fraction of sp³-hybridized carbons (Fsp3) is 0.208. The summed E-state index contributed by atoms with van der Waals surface area (Å²) in [6, 6.07) is 12.5. The third-order valence-corrected chi connectivity index (χ3v) is 5.86. The van der Waals surface area contributed by atoms with E-state index in [0.717, 1.165) is 17.2 Å². The van der Waals surface area contributed by atoms with E-state index in [9.17, 15) is 14.0 Å². The van der Waals surface area contributed by atoms with Gasteiger partial charge in [-0.25, -0.2) is 14.2 Å². The quantitative estimate of drug-likeness (QED) is 0.456. The number of fused-ring (bicyclic) bond motifs is 1. The number of amides is 3. The number of carbonyl (C=O) groups is 2. The summed E-state index contributed by atoms with van der Waals surface area (Å²) in [5.41, 5.74) is 2.60. The monoisotopic (exact) mass is 467 g/mol. The molecule has 3 N–H and O–H groups in total. The van der Waals surface area contributed by atoms with Crippen LogP contribution in [0.25, 0.3) is 0 Å². The number of aromatic nitrogens is 1. The topological polar surface area (TPSA) is 86.4 Å². The minimum absolute atomic E-state index is 0.0768. The summed E-state index contributed by atoms with van der Waals surface area (Å²) in [4.78, 5) is 31.6. The summed E-state index contributed by atoms with van der Waals surface area (Å²) in [5.74, 6) is -0.553. The Labute approximate surface area is 196 Å². The van der Waals surface area contributed by atoms with Crippen molar-refractivity contribution in [3.63, 3.8) is 0 Å². The number of nitrogens with one attached hydrogen (secondary N) is 3. The molecule has 33 heavy (non-hydrogen) atoms. The van der Waals surface area contributed by atoms with Crippen LogP contribution in [-0.4, -0.2) is 24.0 Å². The van der Waals surface area contributed by atoms with Gasteiger partial charge in [-0.3, -0.25) is 4.79 Å². The van der Waals surface area contributed by atoms with Crippen LogP contribution in [0.4, 0.5) is 32.1 Å². The molecule has 1 atom stereocenters. The molecule has 0 saturated carbocycles. The Balaban J connectivity index is 1.64. The summed E-state index contributed by atoms with van der Waals surface area (Å²) in [5, 5.41) is 8.20. The first-order valence-corrected chi connectivity index (χ1v) is 10.9. The third-order valence-electron chi connectivity index (χ3n) is 5.56. The van der Waals surface area contributed by atoms with Crippen molar-refractivity contribution in [1.82, 2.24) is 4.98 Å². The van der Waals surface area contributed by atoms with Gasteiger partial charge in [0.1, 0.15) is 11.6 Å². The predicted molar refractivity (Wildman–Crippen MR) is 128 cm³/mol. The molecule has 3 amide bonds. The molecule has 1 aromatic heterocycles. The van der Waals surface area contributed by atoms with Crippen molar-refractivity contribution in [3.05, 3.63) is 76.7 Å². The van der Waals surface area contributed by atoms with E-state index < -0.39 is 11.8 Å². The van der Waals surface area contributed by atoms with Crippen LogP contribution in [0.1, 0.15) is 30.4 Å². The maximum absolute atomic E-state index is 14.6. The van der Waals surface area contributed by atoms with Gasteiger partial charge >= 0.3 is 6.03 Å². The molecule has 0 spiro atoms. The zero-order valence-corrected chi connectivity index (χ0v) is 18.9. The largest absolute Gasteiger partial charge is 0.373 e. The Hall–Kier alpha value is -3.65. The Morgan fingerprint density at radius 2 is 1.97 bits per heavy atom. The summed E-state index contributed by atoms with van der Waals surface area (Å²) in [6.45, 7) is 2.17. The molecule has 2 aromatic carbocycles. The SMILES string of the molecule is CCC1C(=O)N(c2cc(NC(=O)Nc3ccccc3)c(F)cc2Cl)Cc2cnc(NC)cc21. The molecular weight excluding hydrogens is 445 g/mol. The summed E-state index contributed by atoms with van der Waals surface area (Å²) in [6.07, 6.45) is 2.31. The first-order chi connectivity index (χ1) is 15.9. The summed E-state index contributed by atoms with van der Waals surface area (Å²) < 4.78 is 14.6. The lowest BCUT2D eigenvalue weighted by Gasteiger charge is -2.34. The number of hydrogen-bond acceptors (Lipinski definition) is 4. The van der Waals surface area contributed by atoms with E-state index in [4.69, 9.17) is 11.6 Å². The van der Waals surface area contributed by atoms with Crippen LogP contribution in [0.5, 0.6) is 0 Å². The highest BCUT2D eigenvalue weighted by atomic mass is 35.5. The van der Waals surface area contributed by atoms with Crippen LogP contribution in [0.2, 0.25) is 5.02 Å². The van der Waals surface area contributed by atoms with Crippen LogP contribution in [-0.2, 0) is 11.3 Å². The number of nitrogens with zero attached hydrogens (tertiary/aromatic N) is 2. The van der Waals surface area contributed by atoms with Gasteiger partial charge in [0.05, 0.1) is 28.9 Å². The fourth-order valence-electron chi connectivity index (χ4n) is 3.91. The number of hydrogen-bond donors (Lipinski definition) is 3. The molecule has 0 bridgehead atoms. The fourth-order valence-corrected chi connectivity index (χ4v) is 4.16. The van der Waals surface area contributed by atoms with Crippen LogP contribution in [0.15, 0.2) is 54.7 Å². The Morgan fingerprint density at radius 3 is 2.67 bits per heavy atom. The van der Waals surface area contributed by atoms with Crippen LogP contribution in [0, 0.1) is 5.82 Å². The smallest absolute Gasteiger partial charge is 0.323 e. The Bertz CT molecular complexity index is 1200. The van der Waals surface area contributed by atoms with Crippen molar-refractivity contribution in [2.24, 2.45) is 0 Å². The highest BCUT2D eigenvalue weighted by Gasteiger charge is 2.34. The van der Waals surface area contributed by atoms with E-state index in [1.807, 2.05) is 19.1 Å². The van der Waals surface area contributed by atoms with Crippen molar-refractivity contribution in [2.45, 2.75) is 25.8 Å². The lowest BCUT2D eigenvalue weighted by Crippen LogP contribution is -2.39. The number of halogens is 2. The van der Waals surface area contributed by atoms with E-state index >= 15 is 0 Å². The third kappa shape index (κ3) is 4.61. The predicted octanol–water partition coefficient (Wildman–Crippen LogP) is 5.60. The highest BCUT2D eigenvalue weighted by Crippen LogP contribution is 2.39. The average molecular weight is 468 g/mol. The molecule has 0 aliphatic carbocycles. The molecule has 1 aliphatic rings. The lowest BCUT2D eigenvalue weighted by molar-refractivity contribution is -0.120. The van der Waals surface area contributed by atoms with Gasteiger partial charge in [-0.2, -0.15) is 0 Å². The molecule has 1 unspecified atom stereocenters. The molecule has 1 aliphatic heterocycles. The average Bonchev–Trinajstić information content (AvgIpc) is 2.81. The van der Waals surface area contributed by atoms with Crippen LogP contribution >= 0.6 is 11.6 Å². The normalized spacial score (nSPS) is 15.1. The Morgan fingerprint density at radius 1 is 1.21 bits per heavy atom. The van der Waals surface area contributed by atoms with Gasteiger partial charge in [-0.1, -0.05) is 36.7 Å². The second-order valence-corrected chi connectivity index (χ2v) is 8.04. The van der Waals surface area contributed by atoms with Gasteiger partial charge in [0, 0.05) is 18.9 Å². The minimum atomic E-state index is -0.704. The molecule has 3 aromatic rings. The number of anilines is 4. The number of para-hydroxylation sites is 1. The van der Waals surface area contributed by atoms with Gasteiger partial charge in [0.15, 0.2) is 0 Å². The van der Waals surface area contributed by atoms with Crippen LogP contribution < -0.4 is 20.9 Å². The second kappa shape index (κ2) is 9.46. The number of carbonyl (C=O) groups excluding carboxylic acids is 2. The van der Waals surface area contributed by atoms with Crippen molar-refractivity contribution >= 4 is 46.4 Å². The zero-order valence-electron chi connectivity index (χ0n) is 18.2. The molecule has 9 heteroatoms. The summed E-state index contributed by atoms with van der Waals surface area (Å²) >= 11 is 6.34. The van der Waals surface area contributed by atoms with E-state index in [-0.39, 0.29) is 29.1 Å². The number of urea groups is 1. The zero-order chi connectivity index (χ0) is 23.5. The molecule has 0 saturated heterocycles. The van der Waals surface area contributed by atoms with Gasteiger partial charge in [-0.05, 0) is 47.9 Å². The summed E-state index contributed by atoms with van der Waals surface area (Å²) in [7, 11) is 1.77. The second-order valence-electron chi connectivity index (χ2n) is 7.63. The lowest BCUT2D eigenvalue weighted by atomic mass is 9.88. The molecule has 4 rings (SSSR count). The maximum atomic E-state index is 14.6. The van der Waals surface area contributed by atoms with Crippen molar-refractivity contribution in [3.8, 4) is 0 Å². The van der Waals surface area contributed by atoms with E-state index in [1.165, 1.54) is 11.0 Å². The molecule has 0 radical (unpaired) electrons. The highest BCUT2D eigenvalue weighted by molar-refractivity contribution is 6.34. The molecule has 2 heterocycles. The molecule has 0 fully saturated rings. The standard InChI is InChI=1S/C24H23ClFN5O2/c1-3-16-17-9-22(27-2)28-12-14(17)13-31(23(16)32)21-11-20(19(26)10-18(21)25)30-24(33)29-15-7-5-4-6-8-15/h4-12,16H,3,13H2,1-2H3,(H,27,28)(H2,29,30,33). The van der Waals surface area contributed by atoms with Crippen molar-refractivity contribution in [1.29, 1.82) is 0 Å². The van der Waals surface area contributed by atoms with Crippen LogP contribution in [0.3, 0.4) is 0 Å². The van der Waals surface area contributed by atoms with Gasteiger partial charge < -0.3 is 20.9 Å². The molecule has 170 valence electrons. The minimum Gasteiger partial charge on any atom is -0.373 e. The van der Waals surface area contributed by atoms with Gasteiger partial charge in [0.2, 0.25) is 5.91 Å². The number of benzene rings is 2. The maximum Gasteiger partial charge on any atom is 0.323 e. The van der Waals surface area contributed by atoms with E-state index in [1.54, 1.807) is 37.5 Å². The van der Waals surface area contributed by atoms with Gasteiger partial charge in [0.25, 0.3) is 0 Å². The first kappa shape index (κ1) is 22.5. The number of rotatable bonds is 5. The molecule has 7 nitrogen and oxygen atoms in total. The first-order valence-electron chi connectivity index (χ1n) is 10.5. The van der Waals surface area contributed by atoms with Crippen molar-refractivity contribution < 1.29 is 14.0 Å². The van der Waals surface area contributed by atoms with E-state index in [0.29, 0.717) is 23.6 Å². The van der Waals surface area contributed by atoms with E-state index in [2.05, 4.69) is 20.9 Å². The molecular formula is C24H23ClFN5O2. The van der Waals surface area contributed by atoms with Gasteiger partial charge in [-0.15, -0.1) is 0 Å². The number of pyridine rings is 1.